The fraction of sp³-hybridized carbons (Fsp3) is 0.750. The standard InChI is InChI=1S/C8H13N3O2/c1-6-9-7(13-10-6)3-11-4-8(2,12)5-11/h12H,3-5H2,1-2H3. The Bertz CT molecular complexity index is 300. The summed E-state index contributed by atoms with van der Waals surface area (Å²) in [5.41, 5.74) is -0.533. The van der Waals surface area contributed by atoms with Crippen molar-refractivity contribution < 1.29 is 9.63 Å². The topological polar surface area (TPSA) is 62.4 Å². The summed E-state index contributed by atoms with van der Waals surface area (Å²) in [4.78, 5) is 6.14. The molecule has 0 spiro atoms. The monoisotopic (exact) mass is 183 g/mol. The summed E-state index contributed by atoms with van der Waals surface area (Å²) in [6, 6.07) is 0. The van der Waals surface area contributed by atoms with Crippen LogP contribution in [0.1, 0.15) is 18.6 Å². The van der Waals surface area contributed by atoms with Crippen LogP contribution in [0.5, 0.6) is 0 Å². The molecule has 1 N–H and O–H groups in total. The first kappa shape index (κ1) is 8.65. The molecule has 1 aliphatic heterocycles. The maximum absolute atomic E-state index is 9.46. The van der Waals surface area contributed by atoms with Crippen molar-refractivity contribution in [1.29, 1.82) is 0 Å². The molecule has 0 atom stereocenters. The van der Waals surface area contributed by atoms with Crippen molar-refractivity contribution in [2.45, 2.75) is 26.0 Å². The lowest BCUT2D eigenvalue weighted by molar-refractivity contribution is -0.0901. The van der Waals surface area contributed by atoms with Crippen LogP contribution in [0, 0.1) is 6.92 Å². The molecule has 0 amide bonds. The van der Waals surface area contributed by atoms with Crippen LogP contribution in [0.4, 0.5) is 0 Å². The van der Waals surface area contributed by atoms with Crippen molar-refractivity contribution in [3.63, 3.8) is 0 Å². The highest BCUT2D eigenvalue weighted by Crippen LogP contribution is 2.21. The number of hydrogen-bond acceptors (Lipinski definition) is 5. The average molecular weight is 183 g/mol. The zero-order valence-electron chi connectivity index (χ0n) is 7.82. The average Bonchev–Trinajstić information content (AvgIpc) is 2.31. The second-order valence-corrected chi connectivity index (χ2v) is 3.88. The molecule has 5 heteroatoms. The summed E-state index contributed by atoms with van der Waals surface area (Å²) >= 11 is 0. The number of nitrogens with zero attached hydrogens (tertiary/aromatic N) is 3. The number of β-amino-alcohol motifs (C(OH)–C–C–N with tert-alkyl or cyclic N) is 1. The molecule has 0 bridgehead atoms. The van der Waals surface area contributed by atoms with Gasteiger partial charge in [0.05, 0.1) is 12.1 Å². The molecule has 13 heavy (non-hydrogen) atoms. The van der Waals surface area contributed by atoms with Gasteiger partial charge in [-0.25, -0.2) is 0 Å². The molecule has 2 heterocycles. The molecule has 1 fully saturated rings. The first-order chi connectivity index (χ1) is 6.05. The Labute approximate surface area is 76.4 Å². The summed E-state index contributed by atoms with van der Waals surface area (Å²) in [5.74, 6) is 1.27. The van der Waals surface area contributed by atoms with E-state index in [0.29, 0.717) is 31.3 Å². The molecule has 5 nitrogen and oxygen atoms in total. The Kier molecular flexibility index (Phi) is 1.85. The van der Waals surface area contributed by atoms with Gasteiger partial charge in [0, 0.05) is 13.1 Å². The third-order valence-corrected chi connectivity index (χ3v) is 2.06. The van der Waals surface area contributed by atoms with E-state index in [2.05, 4.69) is 15.0 Å². The molecule has 72 valence electrons. The molecule has 0 aromatic carbocycles. The minimum absolute atomic E-state index is 0.533. The van der Waals surface area contributed by atoms with E-state index in [9.17, 15) is 5.11 Å². The summed E-state index contributed by atoms with van der Waals surface area (Å²) < 4.78 is 4.95. The smallest absolute Gasteiger partial charge is 0.240 e. The van der Waals surface area contributed by atoms with Gasteiger partial charge in [-0.1, -0.05) is 5.16 Å². The van der Waals surface area contributed by atoms with Gasteiger partial charge in [0.1, 0.15) is 0 Å². The lowest BCUT2D eigenvalue weighted by Gasteiger charge is -2.43. The summed E-state index contributed by atoms with van der Waals surface area (Å²) in [7, 11) is 0. The van der Waals surface area contributed by atoms with Crippen LogP contribution in [0.15, 0.2) is 4.52 Å². The van der Waals surface area contributed by atoms with Gasteiger partial charge in [-0.3, -0.25) is 4.90 Å². The third kappa shape index (κ3) is 1.87. The van der Waals surface area contributed by atoms with E-state index >= 15 is 0 Å². The third-order valence-electron chi connectivity index (χ3n) is 2.06. The van der Waals surface area contributed by atoms with Crippen LogP contribution in [0.25, 0.3) is 0 Å². The van der Waals surface area contributed by atoms with E-state index in [1.807, 2.05) is 6.92 Å². The lowest BCUT2D eigenvalue weighted by atomic mass is 9.97. The number of aryl methyl sites for hydroxylation is 1. The van der Waals surface area contributed by atoms with Crippen molar-refractivity contribution in [1.82, 2.24) is 15.0 Å². The molecule has 2 rings (SSSR count). The quantitative estimate of drug-likeness (QED) is 0.696. The van der Waals surface area contributed by atoms with Crippen LogP contribution >= 0.6 is 0 Å². The largest absolute Gasteiger partial charge is 0.388 e. The molecular weight excluding hydrogens is 170 g/mol. The van der Waals surface area contributed by atoms with Gasteiger partial charge in [0.2, 0.25) is 5.89 Å². The minimum Gasteiger partial charge on any atom is -0.388 e. The molecule has 1 aromatic heterocycles. The van der Waals surface area contributed by atoms with Gasteiger partial charge in [-0.2, -0.15) is 4.98 Å². The first-order valence-electron chi connectivity index (χ1n) is 4.29. The Balaban J connectivity index is 1.87. The van der Waals surface area contributed by atoms with Gasteiger partial charge in [0.15, 0.2) is 5.82 Å². The molecule has 0 saturated carbocycles. The Morgan fingerprint density at radius 2 is 2.31 bits per heavy atom. The van der Waals surface area contributed by atoms with E-state index in [-0.39, 0.29) is 0 Å². The van der Waals surface area contributed by atoms with Crippen molar-refractivity contribution in [2.75, 3.05) is 13.1 Å². The minimum atomic E-state index is -0.533. The number of aliphatic hydroxyl groups is 1. The predicted molar refractivity (Wildman–Crippen MR) is 44.9 cm³/mol. The second kappa shape index (κ2) is 2.78. The molecule has 0 aliphatic carbocycles. The first-order valence-corrected chi connectivity index (χ1v) is 4.29. The maximum Gasteiger partial charge on any atom is 0.240 e. The maximum atomic E-state index is 9.46. The fourth-order valence-electron chi connectivity index (χ4n) is 1.62. The Hall–Kier alpha value is -0.940. The Morgan fingerprint density at radius 1 is 1.62 bits per heavy atom. The van der Waals surface area contributed by atoms with Crippen molar-refractivity contribution >= 4 is 0 Å². The number of likely N-dealkylation sites (tertiary alicyclic amines) is 1. The number of hydrogen-bond donors (Lipinski definition) is 1. The second-order valence-electron chi connectivity index (χ2n) is 3.88. The van der Waals surface area contributed by atoms with E-state index in [1.165, 1.54) is 0 Å². The van der Waals surface area contributed by atoms with E-state index < -0.39 is 5.60 Å². The number of rotatable bonds is 2. The van der Waals surface area contributed by atoms with Gasteiger partial charge in [-0.15, -0.1) is 0 Å². The van der Waals surface area contributed by atoms with Crippen LogP contribution in [0.3, 0.4) is 0 Å². The van der Waals surface area contributed by atoms with Crippen LogP contribution in [0.2, 0.25) is 0 Å². The number of aromatic nitrogens is 2. The predicted octanol–water partition coefficient (Wildman–Crippen LogP) is -0.0554. The van der Waals surface area contributed by atoms with Gasteiger partial charge in [0.25, 0.3) is 0 Å². The molecular formula is C8H13N3O2. The van der Waals surface area contributed by atoms with Gasteiger partial charge in [-0.05, 0) is 13.8 Å². The summed E-state index contributed by atoms with van der Waals surface area (Å²) in [6.07, 6.45) is 0. The highest BCUT2D eigenvalue weighted by molar-refractivity contribution is 4.94. The molecule has 1 aromatic rings. The molecule has 0 unspecified atom stereocenters. The summed E-state index contributed by atoms with van der Waals surface area (Å²) in [6.45, 7) is 5.60. The van der Waals surface area contributed by atoms with Crippen molar-refractivity contribution in [3.8, 4) is 0 Å². The normalized spacial score (nSPS) is 21.5. The lowest BCUT2D eigenvalue weighted by Crippen LogP contribution is -2.59. The van der Waals surface area contributed by atoms with Crippen LogP contribution < -0.4 is 0 Å². The fourth-order valence-corrected chi connectivity index (χ4v) is 1.62. The zero-order valence-corrected chi connectivity index (χ0v) is 7.82. The van der Waals surface area contributed by atoms with Gasteiger partial charge < -0.3 is 9.63 Å². The molecule has 0 radical (unpaired) electrons. The van der Waals surface area contributed by atoms with Gasteiger partial charge >= 0.3 is 0 Å². The highest BCUT2D eigenvalue weighted by atomic mass is 16.5. The highest BCUT2D eigenvalue weighted by Gasteiger charge is 2.36. The molecule has 1 saturated heterocycles. The molecule has 1 aliphatic rings. The van der Waals surface area contributed by atoms with E-state index in [4.69, 9.17) is 4.52 Å². The van der Waals surface area contributed by atoms with E-state index in [0.717, 1.165) is 0 Å². The van der Waals surface area contributed by atoms with Crippen LogP contribution in [-0.2, 0) is 6.54 Å². The van der Waals surface area contributed by atoms with E-state index in [1.54, 1.807) is 6.92 Å². The van der Waals surface area contributed by atoms with Crippen molar-refractivity contribution in [3.05, 3.63) is 11.7 Å². The zero-order chi connectivity index (χ0) is 9.47. The SMILES string of the molecule is Cc1noc(CN2CC(C)(O)C2)n1. The Morgan fingerprint density at radius 3 is 2.77 bits per heavy atom. The van der Waals surface area contributed by atoms with Crippen LogP contribution in [-0.4, -0.2) is 38.8 Å². The summed E-state index contributed by atoms with van der Waals surface area (Å²) in [5, 5.41) is 13.1. The van der Waals surface area contributed by atoms with Crippen molar-refractivity contribution in [2.24, 2.45) is 0 Å².